The van der Waals surface area contributed by atoms with Crippen LogP contribution in [0.25, 0.3) is 22.3 Å². The number of oxazole rings is 1. The van der Waals surface area contributed by atoms with E-state index in [4.69, 9.17) is 4.42 Å². The van der Waals surface area contributed by atoms with Crippen molar-refractivity contribution in [1.29, 1.82) is 0 Å². The molecule has 0 radical (unpaired) electrons. The zero-order chi connectivity index (χ0) is 21.4. The maximum atomic E-state index is 12.7. The van der Waals surface area contributed by atoms with Crippen molar-refractivity contribution >= 4 is 39.9 Å². The lowest BCUT2D eigenvalue weighted by molar-refractivity contribution is -0.129. The van der Waals surface area contributed by atoms with Crippen LogP contribution in [0.2, 0.25) is 0 Å². The Morgan fingerprint density at radius 3 is 2.81 bits per heavy atom. The van der Waals surface area contributed by atoms with Crippen molar-refractivity contribution in [3.8, 4) is 0 Å². The number of amides is 1. The summed E-state index contributed by atoms with van der Waals surface area (Å²) in [6.45, 7) is 2.03. The van der Waals surface area contributed by atoms with Crippen molar-refractivity contribution < 1.29 is 9.21 Å². The highest BCUT2D eigenvalue weighted by atomic mass is 32.2. The van der Waals surface area contributed by atoms with Gasteiger partial charge in [0.2, 0.25) is 5.91 Å². The molecule has 0 spiro atoms. The van der Waals surface area contributed by atoms with E-state index in [1.165, 1.54) is 11.8 Å². The van der Waals surface area contributed by atoms with E-state index in [0.29, 0.717) is 36.5 Å². The Kier molecular flexibility index (Phi) is 5.27. The Morgan fingerprint density at radius 1 is 1.19 bits per heavy atom. The number of para-hydroxylation sites is 2. The summed E-state index contributed by atoms with van der Waals surface area (Å²) in [6.07, 6.45) is 3.46. The highest BCUT2D eigenvalue weighted by Gasteiger charge is 2.25. The van der Waals surface area contributed by atoms with Crippen molar-refractivity contribution in [2.45, 2.75) is 24.6 Å². The molecule has 1 amide bonds. The second-order valence-corrected chi connectivity index (χ2v) is 8.79. The van der Waals surface area contributed by atoms with E-state index in [1.807, 2.05) is 41.3 Å². The molecule has 0 unspecified atom stereocenters. The molecular formula is C22H23N5O3S. The predicted octanol–water partition coefficient (Wildman–Crippen LogP) is 2.91. The summed E-state index contributed by atoms with van der Waals surface area (Å²) in [7, 11) is 1.78. The first kappa shape index (κ1) is 19.9. The molecule has 4 aromatic rings. The number of aryl methyl sites for hydroxylation is 1. The van der Waals surface area contributed by atoms with Gasteiger partial charge in [-0.3, -0.25) is 13.9 Å². The van der Waals surface area contributed by atoms with Crippen molar-refractivity contribution in [2.75, 3.05) is 18.8 Å². The van der Waals surface area contributed by atoms with E-state index in [0.717, 1.165) is 35.1 Å². The number of rotatable bonds is 5. The van der Waals surface area contributed by atoms with Crippen LogP contribution >= 0.6 is 11.8 Å². The van der Waals surface area contributed by atoms with E-state index < -0.39 is 0 Å². The van der Waals surface area contributed by atoms with Crippen LogP contribution in [-0.4, -0.2) is 48.8 Å². The van der Waals surface area contributed by atoms with Gasteiger partial charge in [0.15, 0.2) is 11.2 Å². The molecule has 1 fully saturated rings. The maximum absolute atomic E-state index is 12.7. The zero-order valence-corrected chi connectivity index (χ0v) is 18.0. The normalized spacial score (nSPS) is 15.2. The van der Waals surface area contributed by atoms with E-state index in [1.54, 1.807) is 22.4 Å². The van der Waals surface area contributed by atoms with E-state index in [-0.39, 0.29) is 11.6 Å². The lowest BCUT2D eigenvalue weighted by Crippen LogP contribution is -2.41. The van der Waals surface area contributed by atoms with Gasteiger partial charge in [-0.1, -0.05) is 23.9 Å². The van der Waals surface area contributed by atoms with Gasteiger partial charge < -0.3 is 9.32 Å². The number of aromatic nitrogens is 4. The Morgan fingerprint density at radius 2 is 2.00 bits per heavy atom. The molecule has 0 aliphatic carbocycles. The third-order valence-electron chi connectivity index (χ3n) is 5.90. The fourth-order valence-electron chi connectivity index (χ4n) is 4.15. The number of nitrogens with zero attached hydrogens (tertiary/aromatic N) is 5. The van der Waals surface area contributed by atoms with Gasteiger partial charge in [0, 0.05) is 32.9 Å². The van der Waals surface area contributed by atoms with Gasteiger partial charge in [-0.25, -0.2) is 14.8 Å². The molecular weight excluding hydrogens is 414 g/mol. The number of hydrogen-bond donors (Lipinski definition) is 0. The molecule has 31 heavy (non-hydrogen) atoms. The van der Waals surface area contributed by atoms with E-state index >= 15 is 0 Å². The molecule has 1 aliphatic rings. The molecule has 4 heterocycles. The smallest absolute Gasteiger partial charge is 0.330 e. The fourth-order valence-corrected chi connectivity index (χ4v) is 4.89. The Labute approximate surface area is 182 Å². The third kappa shape index (κ3) is 3.85. The quantitative estimate of drug-likeness (QED) is 0.446. The van der Waals surface area contributed by atoms with Crippen LogP contribution in [-0.2, 0) is 18.4 Å². The standard InChI is InChI=1S/C22H23N5O3S/c1-25-17-6-4-10-23-20(17)27(22(25)29)13-15-8-11-26(12-9-15)19(28)14-31-21-24-16-5-2-3-7-18(16)30-21/h2-7,10,15H,8-9,11-14H2,1H3. The van der Waals surface area contributed by atoms with Gasteiger partial charge in [-0.15, -0.1) is 0 Å². The number of thioether (sulfide) groups is 1. The summed E-state index contributed by atoms with van der Waals surface area (Å²) in [4.78, 5) is 36.0. The number of pyridine rings is 1. The van der Waals surface area contributed by atoms with Crippen LogP contribution in [0.1, 0.15) is 12.8 Å². The minimum Gasteiger partial charge on any atom is -0.431 e. The summed E-state index contributed by atoms with van der Waals surface area (Å²) in [6, 6.07) is 11.3. The summed E-state index contributed by atoms with van der Waals surface area (Å²) < 4.78 is 9.09. The van der Waals surface area contributed by atoms with Gasteiger partial charge in [0.1, 0.15) is 5.52 Å². The maximum Gasteiger partial charge on any atom is 0.330 e. The Hall–Kier alpha value is -3.07. The number of carbonyl (C=O) groups excluding carboxylic acids is 1. The molecule has 8 nitrogen and oxygen atoms in total. The van der Waals surface area contributed by atoms with E-state index in [9.17, 15) is 9.59 Å². The van der Waals surface area contributed by atoms with Crippen LogP contribution in [0.3, 0.4) is 0 Å². The second kappa shape index (κ2) is 8.22. The van der Waals surface area contributed by atoms with Crippen molar-refractivity contribution in [3.05, 3.63) is 53.1 Å². The lowest BCUT2D eigenvalue weighted by atomic mass is 9.96. The van der Waals surface area contributed by atoms with Crippen LogP contribution in [0, 0.1) is 5.92 Å². The summed E-state index contributed by atoms with van der Waals surface area (Å²) in [5, 5.41) is 0.521. The Balaban J connectivity index is 1.17. The lowest BCUT2D eigenvalue weighted by Gasteiger charge is -2.32. The number of piperidine rings is 1. The summed E-state index contributed by atoms with van der Waals surface area (Å²) >= 11 is 1.33. The Bertz CT molecular complexity index is 1270. The van der Waals surface area contributed by atoms with Crippen LogP contribution in [0.5, 0.6) is 0 Å². The number of benzene rings is 1. The molecule has 0 atom stereocenters. The summed E-state index contributed by atoms with van der Waals surface area (Å²) in [5.74, 6) is 0.748. The second-order valence-electron chi connectivity index (χ2n) is 7.86. The largest absolute Gasteiger partial charge is 0.431 e. The molecule has 0 bridgehead atoms. The third-order valence-corrected chi connectivity index (χ3v) is 6.72. The fraction of sp³-hybridized carbons (Fsp3) is 0.364. The molecule has 0 N–H and O–H groups in total. The number of hydrogen-bond acceptors (Lipinski definition) is 6. The first-order chi connectivity index (χ1) is 15.1. The van der Waals surface area contributed by atoms with Crippen LogP contribution in [0.4, 0.5) is 0 Å². The zero-order valence-electron chi connectivity index (χ0n) is 17.2. The van der Waals surface area contributed by atoms with Gasteiger partial charge in [0.05, 0.1) is 11.3 Å². The number of likely N-dealkylation sites (tertiary alicyclic amines) is 1. The predicted molar refractivity (Wildman–Crippen MR) is 119 cm³/mol. The van der Waals surface area contributed by atoms with E-state index in [2.05, 4.69) is 9.97 Å². The molecule has 0 saturated carbocycles. The van der Waals surface area contributed by atoms with Crippen molar-refractivity contribution in [2.24, 2.45) is 13.0 Å². The molecule has 1 aromatic carbocycles. The SMILES string of the molecule is Cn1c(=O)n(CC2CCN(C(=O)CSc3nc4ccccc4o3)CC2)c2ncccc21. The van der Waals surface area contributed by atoms with Gasteiger partial charge in [-0.2, -0.15) is 0 Å². The molecule has 1 aliphatic heterocycles. The van der Waals surface area contributed by atoms with Gasteiger partial charge in [-0.05, 0) is 43.0 Å². The average Bonchev–Trinajstić information content (AvgIpc) is 3.33. The summed E-state index contributed by atoms with van der Waals surface area (Å²) in [5.41, 5.74) is 3.06. The molecule has 9 heteroatoms. The molecule has 1 saturated heterocycles. The van der Waals surface area contributed by atoms with Crippen molar-refractivity contribution in [1.82, 2.24) is 24.0 Å². The average molecular weight is 438 g/mol. The minimum atomic E-state index is -0.0399. The van der Waals surface area contributed by atoms with Crippen LogP contribution < -0.4 is 5.69 Å². The molecule has 160 valence electrons. The molecule has 3 aromatic heterocycles. The van der Waals surface area contributed by atoms with Crippen LogP contribution in [0.15, 0.2) is 57.0 Å². The first-order valence-corrected chi connectivity index (χ1v) is 11.3. The minimum absolute atomic E-state index is 0.0399. The van der Waals surface area contributed by atoms with Gasteiger partial charge >= 0.3 is 5.69 Å². The van der Waals surface area contributed by atoms with Gasteiger partial charge in [0.25, 0.3) is 5.22 Å². The number of carbonyl (C=O) groups is 1. The topological polar surface area (TPSA) is 86.2 Å². The highest BCUT2D eigenvalue weighted by Crippen LogP contribution is 2.25. The highest BCUT2D eigenvalue weighted by molar-refractivity contribution is 7.99. The van der Waals surface area contributed by atoms with Crippen molar-refractivity contribution in [3.63, 3.8) is 0 Å². The number of fused-ring (bicyclic) bond motifs is 2. The molecule has 5 rings (SSSR count). The monoisotopic (exact) mass is 437 g/mol. The number of imidazole rings is 1. The first-order valence-electron chi connectivity index (χ1n) is 10.4.